The maximum Gasteiger partial charge on any atom is 0.394 e. The van der Waals surface area contributed by atoms with Crippen LogP contribution in [0.25, 0.3) is 0 Å². The summed E-state index contributed by atoms with van der Waals surface area (Å²) in [6.07, 6.45) is 1.99. The minimum Gasteiger partial charge on any atom is -0.480 e. The normalized spacial score (nSPS) is 11.8. The van der Waals surface area contributed by atoms with Crippen molar-refractivity contribution in [3.05, 3.63) is 0 Å². The summed E-state index contributed by atoms with van der Waals surface area (Å²) in [6, 6.07) is -1.13. The highest BCUT2D eigenvalue weighted by molar-refractivity contribution is 7.98. The third-order valence-electron chi connectivity index (χ3n) is 1.41. The van der Waals surface area contributed by atoms with E-state index in [9.17, 15) is 14.4 Å². The minimum absolute atomic E-state index is 0.204. The van der Waals surface area contributed by atoms with E-state index >= 15 is 0 Å². The molecule has 0 unspecified atom stereocenters. The quantitative estimate of drug-likeness (QED) is 0.535. The minimum atomic E-state index is -1.68. The molecule has 0 heterocycles. The van der Waals surface area contributed by atoms with Gasteiger partial charge in [0.15, 0.2) is 0 Å². The van der Waals surface area contributed by atoms with Crippen LogP contribution in [0.5, 0.6) is 0 Å². The van der Waals surface area contributed by atoms with Gasteiger partial charge in [-0.05, 0) is 18.4 Å². The summed E-state index contributed by atoms with van der Waals surface area (Å²) in [6.45, 7) is 0. The van der Waals surface area contributed by atoms with E-state index in [1.807, 2.05) is 5.32 Å². The SMILES string of the molecule is CSCC[C@@H](NC(=O)C(=O)O)C(=O)O. The fraction of sp³-hybridized carbons (Fsp3) is 0.571. The predicted octanol–water partition coefficient (Wildman–Crippen LogP) is -0.606. The van der Waals surface area contributed by atoms with Crippen molar-refractivity contribution in [1.82, 2.24) is 5.32 Å². The lowest BCUT2D eigenvalue weighted by atomic mass is 10.2. The van der Waals surface area contributed by atoms with E-state index < -0.39 is 23.9 Å². The van der Waals surface area contributed by atoms with Gasteiger partial charge < -0.3 is 15.5 Å². The molecule has 0 aromatic rings. The predicted molar refractivity (Wildman–Crippen MR) is 50.2 cm³/mol. The van der Waals surface area contributed by atoms with Crippen molar-refractivity contribution >= 4 is 29.6 Å². The first kappa shape index (κ1) is 12.8. The lowest BCUT2D eigenvalue weighted by Gasteiger charge is -2.11. The van der Waals surface area contributed by atoms with Crippen LogP contribution in [0.1, 0.15) is 6.42 Å². The molecule has 6 nitrogen and oxygen atoms in total. The number of hydrogen-bond acceptors (Lipinski definition) is 4. The van der Waals surface area contributed by atoms with Crippen molar-refractivity contribution in [2.75, 3.05) is 12.0 Å². The Bertz CT molecular complexity index is 242. The molecule has 0 saturated heterocycles. The molecular weight excluding hydrogens is 210 g/mol. The van der Waals surface area contributed by atoms with Crippen molar-refractivity contribution in [2.24, 2.45) is 0 Å². The van der Waals surface area contributed by atoms with Crippen LogP contribution < -0.4 is 5.32 Å². The Morgan fingerprint density at radius 1 is 1.36 bits per heavy atom. The van der Waals surface area contributed by atoms with Crippen molar-refractivity contribution in [1.29, 1.82) is 0 Å². The molecule has 80 valence electrons. The number of amides is 1. The molecule has 0 aliphatic rings. The zero-order valence-corrected chi connectivity index (χ0v) is 8.34. The Labute approximate surface area is 84.7 Å². The molecule has 0 spiro atoms. The molecule has 0 fully saturated rings. The topological polar surface area (TPSA) is 104 Å². The second-order valence-corrected chi connectivity index (χ2v) is 3.44. The standard InChI is InChI=1S/C7H11NO5S/c1-14-3-2-4(6(10)11)8-5(9)7(12)13/h4H,2-3H2,1H3,(H,8,9)(H,10,11)(H,12,13)/t4-/m1/s1. The maximum atomic E-state index is 10.6. The Hall–Kier alpha value is -1.24. The van der Waals surface area contributed by atoms with E-state index in [4.69, 9.17) is 10.2 Å². The number of rotatable bonds is 5. The summed E-state index contributed by atoms with van der Waals surface area (Å²) >= 11 is 1.42. The number of aliphatic carboxylic acids is 2. The highest BCUT2D eigenvalue weighted by Crippen LogP contribution is 2.00. The summed E-state index contributed by atoms with van der Waals surface area (Å²) in [7, 11) is 0. The van der Waals surface area contributed by atoms with Crippen LogP contribution in [0, 0.1) is 0 Å². The molecule has 0 saturated carbocycles. The van der Waals surface area contributed by atoms with Crippen molar-refractivity contribution < 1.29 is 24.6 Å². The number of hydrogen-bond donors (Lipinski definition) is 3. The van der Waals surface area contributed by atoms with Gasteiger partial charge in [-0.1, -0.05) is 0 Å². The Kier molecular flexibility index (Phi) is 5.70. The number of thioether (sulfide) groups is 1. The summed E-state index contributed by atoms with van der Waals surface area (Å²) in [4.78, 5) is 31.3. The van der Waals surface area contributed by atoms with Crippen molar-refractivity contribution in [3.63, 3.8) is 0 Å². The van der Waals surface area contributed by atoms with Gasteiger partial charge in [0.2, 0.25) is 0 Å². The Morgan fingerprint density at radius 2 is 1.93 bits per heavy atom. The number of nitrogens with one attached hydrogen (secondary N) is 1. The van der Waals surface area contributed by atoms with E-state index in [0.717, 1.165) is 0 Å². The van der Waals surface area contributed by atoms with Crippen LogP contribution in [-0.2, 0) is 14.4 Å². The van der Waals surface area contributed by atoms with Crippen LogP contribution in [0.2, 0.25) is 0 Å². The molecule has 0 radical (unpaired) electrons. The second-order valence-electron chi connectivity index (χ2n) is 2.45. The van der Waals surface area contributed by atoms with E-state index in [0.29, 0.717) is 5.75 Å². The van der Waals surface area contributed by atoms with Gasteiger partial charge in [0.1, 0.15) is 6.04 Å². The van der Waals surface area contributed by atoms with E-state index in [1.54, 1.807) is 6.26 Å². The third kappa shape index (κ3) is 4.70. The molecule has 0 rings (SSSR count). The maximum absolute atomic E-state index is 10.6. The number of carbonyl (C=O) groups excluding carboxylic acids is 1. The lowest BCUT2D eigenvalue weighted by molar-refractivity contribution is -0.152. The fourth-order valence-corrected chi connectivity index (χ4v) is 1.18. The Balaban J connectivity index is 4.16. The number of carboxylic acids is 2. The lowest BCUT2D eigenvalue weighted by Crippen LogP contribution is -2.44. The largest absolute Gasteiger partial charge is 0.480 e. The van der Waals surface area contributed by atoms with E-state index in [2.05, 4.69) is 0 Å². The van der Waals surface area contributed by atoms with Gasteiger partial charge in [-0.15, -0.1) is 0 Å². The number of carbonyl (C=O) groups is 3. The van der Waals surface area contributed by atoms with Gasteiger partial charge in [-0.2, -0.15) is 11.8 Å². The van der Waals surface area contributed by atoms with E-state index in [-0.39, 0.29) is 6.42 Å². The molecule has 7 heteroatoms. The molecule has 0 aliphatic heterocycles. The van der Waals surface area contributed by atoms with Crippen LogP contribution in [-0.4, -0.2) is 46.1 Å². The summed E-state index contributed by atoms with van der Waals surface area (Å²) in [5.41, 5.74) is 0. The first-order valence-corrected chi connectivity index (χ1v) is 5.14. The molecule has 0 aromatic carbocycles. The van der Waals surface area contributed by atoms with Crippen LogP contribution in [0.3, 0.4) is 0 Å². The van der Waals surface area contributed by atoms with Crippen molar-refractivity contribution in [3.8, 4) is 0 Å². The first-order valence-electron chi connectivity index (χ1n) is 3.74. The monoisotopic (exact) mass is 221 g/mol. The van der Waals surface area contributed by atoms with Gasteiger partial charge in [0.25, 0.3) is 0 Å². The highest BCUT2D eigenvalue weighted by Gasteiger charge is 2.22. The number of carboxylic acid groups (broad SMARTS) is 2. The molecule has 0 aromatic heterocycles. The molecule has 3 N–H and O–H groups in total. The zero-order valence-electron chi connectivity index (χ0n) is 7.52. The van der Waals surface area contributed by atoms with Gasteiger partial charge in [0.05, 0.1) is 0 Å². The average molecular weight is 221 g/mol. The highest BCUT2D eigenvalue weighted by atomic mass is 32.2. The molecule has 1 amide bonds. The molecule has 0 bridgehead atoms. The molecule has 1 atom stereocenters. The molecular formula is C7H11NO5S. The smallest absolute Gasteiger partial charge is 0.394 e. The van der Waals surface area contributed by atoms with Gasteiger partial charge >= 0.3 is 17.8 Å². The first-order chi connectivity index (χ1) is 6.49. The van der Waals surface area contributed by atoms with Gasteiger partial charge in [-0.3, -0.25) is 4.79 Å². The molecule has 14 heavy (non-hydrogen) atoms. The van der Waals surface area contributed by atoms with Crippen molar-refractivity contribution in [2.45, 2.75) is 12.5 Å². The summed E-state index contributed by atoms with van der Waals surface area (Å²) in [5, 5.41) is 18.7. The van der Waals surface area contributed by atoms with Gasteiger partial charge in [-0.25, -0.2) is 9.59 Å². The second kappa shape index (κ2) is 6.25. The molecule has 0 aliphatic carbocycles. The van der Waals surface area contributed by atoms with Crippen LogP contribution in [0.4, 0.5) is 0 Å². The third-order valence-corrected chi connectivity index (χ3v) is 2.05. The summed E-state index contributed by atoms with van der Waals surface area (Å²) in [5.74, 6) is -3.66. The summed E-state index contributed by atoms with van der Waals surface area (Å²) < 4.78 is 0. The zero-order chi connectivity index (χ0) is 11.1. The van der Waals surface area contributed by atoms with Crippen LogP contribution in [0.15, 0.2) is 0 Å². The van der Waals surface area contributed by atoms with Crippen LogP contribution >= 0.6 is 11.8 Å². The fourth-order valence-electron chi connectivity index (χ4n) is 0.713. The van der Waals surface area contributed by atoms with E-state index in [1.165, 1.54) is 11.8 Å². The van der Waals surface area contributed by atoms with Gasteiger partial charge in [0, 0.05) is 0 Å². The Morgan fingerprint density at radius 3 is 2.29 bits per heavy atom. The average Bonchev–Trinajstić information content (AvgIpc) is 2.10.